The van der Waals surface area contributed by atoms with E-state index in [1.807, 2.05) is 30.5 Å². The number of nitrogens with zero attached hydrogens (tertiary/aromatic N) is 3. The first-order chi connectivity index (χ1) is 8.31. The van der Waals surface area contributed by atoms with Crippen molar-refractivity contribution in [2.45, 2.75) is 12.5 Å². The third-order valence-corrected chi connectivity index (χ3v) is 3.09. The van der Waals surface area contributed by atoms with Crippen LogP contribution >= 0.6 is 0 Å². The van der Waals surface area contributed by atoms with E-state index in [-0.39, 0.29) is 6.10 Å². The van der Waals surface area contributed by atoms with Crippen LogP contribution < -0.4 is 4.74 Å². The summed E-state index contributed by atoms with van der Waals surface area (Å²) in [7, 11) is 2.10. The maximum Gasteiger partial charge on any atom is 0.317 e. The fourth-order valence-corrected chi connectivity index (χ4v) is 2.15. The zero-order valence-electron chi connectivity index (χ0n) is 9.84. The largest absolute Gasteiger partial charge is 0.459 e. The Balaban J connectivity index is 1.81. The summed E-state index contributed by atoms with van der Waals surface area (Å²) in [6, 6.07) is 8.43. The molecule has 2 aromatic rings. The molecule has 1 aromatic carbocycles. The minimum Gasteiger partial charge on any atom is -0.459 e. The summed E-state index contributed by atoms with van der Waals surface area (Å²) in [6.07, 6.45) is 3.09. The van der Waals surface area contributed by atoms with Gasteiger partial charge >= 0.3 is 6.01 Å². The van der Waals surface area contributed by atoms with Crippen molar-refractivity contribution in [2.75, 3.05) is 20.1 Å². The Labute approximate surface area is 100 Å². The van der Waals surface area contributed by atoms with Crippen LogP contribution in [0.2, 0.25) is 0 Å². The molecule has 0 aliphatic carbocycles. The molecule has 0 radical (unpaired) electrons. The van der Waals surface area contributed by atoms with Gasteiger partial charge in [-0.1, -0.05) is 18.2 Å². The van der Waals surface area contributed by atoms with E-state index >= 15 is 0 Å². The first-order valence-corrected chi connectivity index (χ1v) is 5.88. The van der Waals surface area contributed by atoms with E-state index in [1.54, 1.807) is 0 Å². The number of hydrogen-bond donors (Lipinski definition) is 0. The Morgan fingerprint density at radius 3 is 3.06 bits per heavy atom. The van der Waals surface area contributed by atoms with Crippen LogP contribution in [0.25, 0.3) is 10.9 Å². The highest BCUT2D eigenvalue weighted by molar-refractivity contribution is 5.77. The Bertz CT molecular complexity index is 529. The quantitative estimate of drug-likeness (QED) is 0.785. The lowest BCUT2D eigenvalue weighted by atomic mass is 10.2. The number of rotatable bonds is 2. The lowest BCUT2D eigenvalue weighted by Gasteiger charge is -2.11. The predicted octanol–water partition coefficient (Wildman–Crippen LogP) is 1.71. The van der Waals surface area contributed by atoms with Crippen molar-refractivity contribution in [3.8, 4) is 6.01 Å². The fourth-order valence-electron chi connectivity index (χ4n) is 2.15. The molecule has 4 heteroatoms. The second kappa shape index (κ2) is 4.30. The van der Waals surface area contributed by atoms with Gasteiger partial charge in [0.05, 0.1) is 5.52 Å². The predicted molar refractivity (Wildman–Crippen MR) is 66.1 cm³/mol. The second-order valence-electron chi connectivity index (χ2n) is 4.50. The number of aromatic nitrogens is 2. The highest BCUT2D eigenvalue weighted by Crippen LogP contribution is 2.16. The van der Waals surface area contributed by atoms with Gasteiger partial charge in [0.25, 0.3) is 0 Å². The van der Waals surface area contributed by atoms with Crippen LogP contribution in [0.3, 0.4) is 0 Å². The highest BCUT2D eigenvalue weighted by atomic mass is 16.5. The maximum atomic E-state index is 5.79. The van der Waals surface area contributed by atoms with Gasteiger partial charge in [-0.2, -0.15) is 4.98 Å². The average Bonchev–Trinajstić information content (AvgIpc) is 2.75. The minimum absolute atomic E-state index is 0.223. The molecule has 1 fully saturated rings. The number of likely N-dealkylation sites (tertiary alicyclic amines) is 1. The highest BCUT2D eigenvalue weighted by Gasteiger charge is 2.21. The van der Waals surface area contributed by atoms with Crippen molar-refractivity contribution >= 4 is 10.9 Å². The molecule has 88 valence electrons. The number of para-hydroxylation sites is 1. The van der Waals surface area contributed by atoms with Gasteiger partial charge in [0.2, 0.25) is 0 Å². The molecule has 2 heterocycles. The van der Waals surface area contributed by atoms with Crippen LogP contribution in [0.4, 0.5) is 0 Å². The van der Waals surface area contributed by atoms with E-state index in [0.717, 1.165) is 30.4 Å². The van der Waals surface area contributed by atoms with Crippen molar-refractivity contribution in [3.05, 3.63) is 30.5 Å². The number of ether oxygens (including phenoxy) is 1. The van der Waals surface area contributed by atoms with Crippen molar-refractivity contribution in [3.63, 3.8) is 0 Å². The van der Waals surface area contributed by atoms with Crippen LogP contribution in [0.15, 0.2) is 30.5 Å². The Kier molecular flexibility index (Phi) is 2.65. The van der Waals surface area contributed by atoms with Gasteiger partial charge < -0.3 is 9.64 Å². The molecular formula is C13H15N3O. The lowest BCUT2D eigenvalue weighted by molar-refractivity contribution is 0.192. The molecule has 0 N–H and O–H groups in total. The fraction of sp³-hybridized carbons (Fsp3) is 0.385. The topological polar surface area (TPSA) is 38.2 Å². The summed E-state index contributed by atoms with van der Waals surface area (Å²) in [5.41, 5.74) is 0.934. The summed E-state index contributed by atoms with van der Waals surface area (Å²) in [6.45, 7) is 2.04. The molecule has 1 unspecified atom stereocenters. The van der Waals surface area contributed by atoms with Crippen LogP contribution in [0.1, 0.15) is 6.42 Å². The normalized spacial score (nSPS) is 20.9. The maximum absolute atomic E-state index is 5.79. The molecule has 1 aliphatic rings. The number of likely N-dealkylation sites (N-methyl/N-ethyl adjacent to an activating group) is 1. The van der Waals surface area contributed by atoms with Crippen molar-refractivity contribution in [1.82, 2.24) is 14.9 Å². The van der Waals surface area contributed by atoms with E-state index in [1.165, 1.54) is 0 Å². The SMILES string of the molecule is CN1CCC(Oc2ncc3ccccc3n2)C1. The third-order valence-electron chi connectivity index (χ3n) is 3.09. The molecule has 0 bridgehead atoms. The van der Waals surface area contributed by atoms with Crippen molar-refractivity contribution in [2.24, 2.45) is 0 Å². The molecule has 3 rings (SSSR count). The van der Waals surface area contributed by atoms with Crippen molar-refractivity contribution in [1.29, 1.82) is 0 Å². The van der Waals surface area contributed by atoms with E-state index in [9.17, 15) is 0 Å². The summed E-state index contributed by atoms with van der Waals surface area (Å²) in [5.74, 6) is 0. The minimum atomic E-state index is 0.223. The standard InChI is InChI=1S/C13H15N3O/c1-16-7-6-11(9-16)17-13-14-8-10-4-2-3-5-12(10)15-13/h2-5,8,11H,6-7,9H2,1H3. The second-order valence-corrected chi connectivity index (χ2v) is 4.50. The summed E-state index contributed by atoms with van der Waals surface area (Å²) < 4.78 is 5.79. The van der Waals surface area contributed by atoms with Crippen molar-refractivity contribution < 1.29 is 4.74 Å². The molecule has 0 amide bonds. The molecular weight excluding hydrogens is 214 g/mol. The summed E-state index contributed by atoms with van der Waals surface area (Å²) in [4.78, 5) is 10.9. The molecule has 1 aromatic heterocycles. The third kappa shape index (κ3) is 2.22. The van der Waals surface area contributed by atoms with Gasteiger partial charge in [-0.3, -0.25) is 0 Å². The lowest BCUT2D eigenvalue weighted by Crippen LogP contribution is -2.22. The Morgan fingerprint density at radius 1 is 1.35 bits per heavy atom. The van der Waals surface area contributed by atoms with Gasteiger partial charge in [0.1, 0.15) is 6.10 Å². The molecule has 1 atom stereocenters. The first kappa shape index (κ1) is 10.5. The van der Waals surface area contributed by atoms with Gasteiger partial charge in [0.15, 0.2) is 0 Å². The molecule has 17 heavy (non-hydrogen) atoms. The van der Waals surface area contributed by atoms with Crippen LogP contribution in [0.5, 0.6) is 6.01 Å². The van der Waals surface area contributed by atoms with Gasteiger partial charge in [-0.15, -0.1) is 0 Å². The average molecular weight is 229 g/mol. The molecule has 1 saturated heterocycles. The van der Waals surface area contributed by atoms with Gasteiger partial charge in [0, 0.05) is 24.7 Å². The smallest absolute Gasteiger partial charge is 0.317 e. The van der Waals surface area contributed by atoms with Crippen LogP contribution in [-0.2, 0) is 0 Å². The van der Waals surface area contributed by atoms with Gasteiger partial charge in [-0.25, -0.2) is 4.98 Å². The van der Waals surface area contributed by atoms with Crippen LogP contribution in [-0.4, -0.2) is 41.1 Å². The summed E-state index contributed by atoms with van der Waals surface area (Å²) >= 11 is 0. The monoisotopic (exact) mass is 229 g/mol. The zero-order valence-corrected chi connectivity index (χ0v) is 9.84. The molecule has 0 saturated carbocycles. The van der Waals surface area contributed by atoms with E-state index < -0.39 is 0 Å². The summed E-state index contributed by atoms with van der Waals surface area (Å²) in [5, 5.41) is 1.04. The van der Waals surface area contributed by atoms with E-state index in [0.29, 0.717) is 6.01 Å². The molecule has 1 aliphatic heterocycles. The number of hydrogen-bond acceptors (Lipinski definition) is 4. The first-order valence-electron chi connectivity index (χ1n) is 5.88. The number of benzene rings is 1. The van der Waals surface area contributed by atoms with E-state index in [2.05, 4.69) is 21.9 Å². The molecule has 4 nitrogen and oxygen atoms in total. The van der Waals surface area contributed by atoms with Crippen LogP contribution in [0, 0.1) is 0 Å². The Hall–Kier alpha value is -1.68. The zero-order chi connectivity index (χ0) is 11.7. The van der Waals surface area contributed by atoms with Gasteiger partial charge in [-0.05, 0) is 19.5 Å². The van der Waals surface area contributed by atoms with E-state index in [4.69, 9.17) is 4.74 Å². The number of fused-ring (bicyclic) bond motifs is 1. The Morgan fingerprint density at radius 2 is 2.24 bits per heavy atom. The molecule has 0 spiro atoms.